The fraction of sp³-hybridized carbons (Fsp3) is 0.190. The van der Waals surface area contributed by atoms with E-state index in [9.17, 15) is 14.4 Å². The highest BCUT2D eigenvalue weighted by Gasteiger charge is 2.49. The van der Waals surface area contributed by atoms with Crippen LogP contribution in [-0.4, -0.2) is 16.8 Å². The molecule has 6 nitrogen and oxygen atoms in total. The summed E-state index contributed by atoms with van der Waals surface area (Å²) in [5.74, 6) is -0.371. The second-order valence-corrected chi connectivity index (χ2v) is 7.96. The van der Waals surface area contributed by atoms with E-state index in [-0.39, 0.29) is 12.5 Å². The number of urea groups is 1. The largest absolute Gasteiger partial charge is 0.423 e. The van der Waals surface area contributed by atoms with Crippen molar-refractivity contribution in [2.45, 2.75) is 25.9 Å². The SMILES string of the molecule is Cc1ccc2c(CN3C(=O)N[C@](C)(c4cccc(Br)c4)C3=O)cc(=O)oc2c1. The number of nitrogens with zero attached hydrogens (tertiary/aromatic N) is 1. The zero-order valence-electron chi connectivity index (χ0n) is 15.3. The summed E-state index contributed by atoms with van der Waals surface area (Å²) >= 11 is 3.40. The molecule has 4 rings (SSSR count). The topological polar surface area (TPSA) is 79.6 Å². The van der Waals surface area contributed by atoms with Gasteiger partial charge in [0.25, 0.3) is 5.91 Å². The average molecular weight is 441 g/mol. The number of fused-ring (bicyclic) bond motifs is 1. The number of carbonyl (C=O) groups is 2. The fourth-order valence-electron chi connectivity index (χ4n) is 3.47. The molecule has 1 aliphatic rings. The van der Waals surface area contributed by atoms with Gasteiger partial charge in [0, 0.05) is 15.9 Å². The van der Waals surface area contributed by atoms with Crippen LogP contribution in [0.5, 0.6) is 0 Å². The molecular formula is C21H17BrN2O4. The van der Waals surface area contributed by atoms with E-state index >= 15 is 0 Å². The van der Waals surface area contributed by atoms with Gasteiger partial charge in [-0.1, -0.05) is 40.2 Å². The molecule has 0 bridgehead atoms. The average Bonchev–Trinajstić information content (AvgIpc) is 2.85. The van der Waals surface area contributed by atoms with Crippen molar-refractivity contribution >= 4 is 38.8 Å². The third-order valence-corrected chi connectivity index (χ3v) is 5.48. The quantitative estimate of drug-likeness (QED) is 0.495. The van der Waals surface area contributed by atoms with E-state index < -0.39 is 17.2 Å². The van der Waals surface area contributed by atoms with Crippen molar-refractivity contribution in [2.75, 3.05) is 0 Å². The van der Waals surface area contributed by atoms with E-state index in [0.717, 1.165) is 14.9 Å². The molecule has 1 N–H and O–H groups in total. The van der Waals surface area contributed by atoms with Gasteiger partial charge < -0.3 is 9.73 Å². The van der Waals surface area contributed by atoms with E-state index in [0.29, 0.717) is 22.1 Å². The Morgan fingerprint density at radius 2 is 1.89 bits per heavy atom. The highest BCUT2D eigenvalue weighted by molar-refractivity contribution is 9.10. The summed E-state index contributed by atoms with van der Waals surface area (Å²) in [6, 6.07) is 13.6. The van der Waals surface area contributed by atoms with Crippen LogP contribution in [0.15, 0.2) is 62.2 Å². The van der Waals surface area contributed by atoms with E-state index in [1.54, 1.807) is 25.1 Å². The molecule has 0 aliphatic carbocycles. The van der Waals surface area contributed by atoms with Crippen molar-refractivity contribution in [3.8, 4) is 0 Å². The molecule has 3 amide bonds. The van der Waals surface area contributed by atoms with Gasteiger partial charge in [-0.2, -0.15) is 0 Å². The van der Waals surface area contributed by atoms with Gasteiger partial charge in [-0.15, -0.1) is 0 Å². The minimum absolute atomic E-state index is 0.0145. The number of aryl methyl sites for hydroxylation is 1. The van der Waals surface area contributed by atoms with Crippen molar-refractivity contribution in [3.05, 3.63) is 80.1 Å². The maximum absolute atomic E-state index is 13.2. The zero-order chi connectivity index (χ0) is 20.1. The van der Waals surface area contributed by atoms with Gasteiger partial charge >= 0.3 is 11.7 Å². The predicted octanol–water partition coefficient (Wildman–Crippen LogP) is 3.83. The molecule has 0 saturated carbocycles. The first-order valence-corrected chi connectivity index (χ1v) is 9.51. The van der Waals surface area contributed by atoms with Gasteiger partial charge in [0.2, 0.25) is 0 Å². The number of halogens is 1. The molecule has 28 heavy (non-hydrogen) atoms. The van der Waals surface area contributed by atoms with Crippen molar-refractivity contribution < 1.29 is 14.0 Å². The Hall–Kier alpha value is -2.93. The summed E-state index contributed by atoms with van der Waals surface area (Å²) in [7, 11) is 0. The maximum atomic E-state index is 13.2. The van der Waals surface area contributed by atoms with Crippen LogP contribution in [0.4, 0.5) is 4.79 Å². The Morgan fingerprint density at radius 1 is 1.11 bits per heavy atom. The van der Waals surface area contributed by atoms with E-state index in [4.69, 9.17) is 4.42 Å². The molecule has 7 heteroatoms. The first-order chi connectivity index (χ1) is 13.3. The van der Waals surface area contributed by atoms with Crippen molar-refractivity contribution in [1.29, 1.82) is 0 Å². The number of hydrogen-bond acceptors (Lipinski definition) is 4. The van der Waals surface area contributed by atoms with E-state index in [1.165, 1.54) is 6.07 Å². The smallest absolute Gasteiger partial charge is 0.336 e. The van der Waals surface area contributed by atoms with Gasteiger partial charge in [-0.25, -0.2) is 9.59 Å². The summed E-state index contributed by atoms with van der Waals surface area (Å²) < 4.78 is 6.07. The van der Waals surface area contributed by atoms with Gasteiger partial charge in [0.15, 0.2) is 0 Å². The molecule has 1 fully saturated rings. The summed E-state index contributed by atoms with van der Waals surface area (Å²) in [6.07, 6.45) is 0. The van der Waals surface area contributed by atoms with Crippen LogP contribution in [0.25, 0.3) is 11.0 Å². The van der Waals surface area contributed by atoms with Crippen LogP contribution in [0, 0.1) is 6.92 Å². The number of hydrogen-bond donors (Lipinski definition) is 1. The molecule has 1 aliphatic heterocycles. The highest BCUT2D eigenvalue weighted by Crippen LogP contribution is 2.32. The Bertz CT molecular complexity index is 1190. The molecule has 1 atom stereocenters. The fourth-order valence-corrected chi connectivity index (χ4v) is 3.87. The Balaban J connectivity index is 1.73. The summed E-state index contributed by atoms with van der Waals surface area (Å²) in [5.41, 5.74) is 0.931. The minimum atomic E-state index is -1.17. The molecular weight excluding hydrogens is 424 g/mol. The van der Waals surface area contributed by atoms with E-state index in [1.807, 2.05) is 31.2 Å². The monoisotopic (exact) mass is 440 g/mol. The van der Waals surface area contributed by atoms with Crippen molar-refractivity contribution in [3.63, 3.8) is 0 Å². The Labute approximate surface area is 169 Å². The lowest BCUT2D eigenvalue weighted by Gasteiger charge is -2.22. The number of carbonyl (C=O) groups excluding carboxylic acids is 2. The summed E-state index contributed by atoms with van der Waals surface area (Å²) in [4.78, 5) is 38.9. The number of rotatable bonds is 3. The van der Waals surface area contributed by atoms with E-state index in [2.05, 4.69) is 21.2 Å². The molecule has 142 valence electrons. The molecule has 3 aromatic rings. The molecule has 0 unspecified atom stereocenters. The third-order valence-electron chi connectivity index (χ3n) is 4.99. The van der Waals surface area contributed by atoms with Crippen LogP contribution < -0.4 is 10.9 Å². The van der Waals surface area contributed by atoms with Crippen LogP contribution in [0.1, 0.15) is 23.6 Å². The second-order valence-electron chi connectivity index (χ2n) is 7.05. The summed E-state index contributed by atoms with van der Waals surface area (Å²) in [5, 5.41) is 3.48. The normalized spacial score (nSPS) is 19.3. The van der Waals surface area contributed by atoms with Crippen LogP contribution in [-0.2, 0) is 16.9 Å². The number of amides is 3. The first-order valence-electron chi connectivity index (χ1n) is 8.71. The molecule has 1 aromatic heterocycles. The van der Waals surface area contributed by atoms with Crippen LogP contribution in [0.2, 0.25) is 0 Å². The van der Waals surface area contributed by atoms with Crippen molar-refractivity contribution in [1.82, 2.24) is 10.2 Å². The standard InChI is InChI=1S/C21H17BrN2O4/c1-12-6-7-16-13(9-18(25)28-17(16)8-12)11-24-19(26)21(2,23-20(24)27)14-4-3-5-15(22)10-14/h3-10H,11H2,1-2H3,(H,23,27)/t21-/m1/s1. The lowest BCUT2D eigenvalue weighted by Crippen LogP contribution is -2.40. The third kappa shape index (κ3) is 3.01. The van der Waals surface area contributed by atoms with Crippen LogP contribution in [0.3, 0.4) is 0 Å². The molecule has 0 spiro atoms. The van der Waals surface area contributed by atoms with Crippen molar-refractivity contribution in [2.24, 2.45) is 0 Å². The van der Waals surface area contributed by atoms with Gasteiger partial charge in [-0.3, -0.25) is 9.69 Å². The summed E-state index contributed by atoms with van der Waals surface area (Å²) in [6.45, 7) is 3.56. The molecule has 1 saturated heterocycles. The zero-order valence-corrected chi connectivity index (χ0v) is 16.9. The van der Waals surface area contributed by atoms with Gasteiger partial charge in [-0.05, 0) is 48.7 Å². The first kappa shape index (κ1) is 18.4. The lowest BCUT2D eigenvalue weighted by molar-refractivity contribution is -0.131. The number of benzene rings is 2. The minimum Gasteiger partial charge on any atom is -0.423 e. The molecule has 2 heterocycles. The Kier molecular flexibility index (Phi) is 4.34. The second kappa shape index (κ2) is 6.60. The van der Waals surface area contributed by atoms with Crippen LogP contribution >= 0.6 is 15.9 Å². The predicted molar refractivity (Wildman–Crippen MR) is 108 cm³/mol. The van der Waals surface area contributed by atoms with Gasteiger partial charge in [0.05, 0.1) is 6.54 Å². The maximum Gasteiger partial charge on any atom is 0.336 e. The number of imide groups is 1. The lowest BCUT2D eigenvalue weighted by atomic mass is 9.92. The highest BCUT2D eigenvalue weighted by atomic mass is 79.9. The number of nitrogens with one attached hydrogen (secondary N) is 1. The molecule has 0 radical (unpaired) electrons. The van der Waals surface area contributed by atoms with Gasteiger partial charge in [0.1, 0.15) is 11.1 Å². The molecule has 2 aromatic carbocycles. The Morgan fingerprint density at radius 3 is 2.64 bits per heavy atom.